The van der Waals surface area contributed by atoms with Crippen LogP contribution in [0.3, 0.4) is 0 Å². The van der Waals surface area contributed by atoms with Gasteiger partial charge < -0.3 is 9.47 Å². The van der Waals surface area contributed by atoms with Crippen LogP contribution in [0.1, 0.15) is 45.2 Å². The van der Waals surface area contributed by atoms with Crippen LogP contribution >= 0.6 is 0 Å². The van der Waals surface area contributed by atoms with Crippen molar-refractivity contribution in [3.63, 3.8) is 0 Å². The average Bonchev–Trinajstić information content (AvgIpc) is 2.90. The highest BCUT2D eigenvalue weighted by Crippen LogP contribution is 2.33. The van der Waals surface area contributed by atoms with Gasteiger partial charge in [-0.2, -0.15) is 13.2 Å². The SMILES string of the molecule is CCOC(=O)[C@H]1C[C@H](Cc2cccc(C(F)(F)F)c2)C(=O)N1C(=O)OC(C)(C)C. The molecule has 1 aliphatic rings. The lowest BCUT2D eigenvalue weighted by Crippen LogP contribution is -2.46. The maximum Gasteiger partial charge on any atom is 0.417 e. The maximum absolute atomic E-state index is 12.9. The molecule has 1 fully saturated rings. The lowest BCUT2D eigenvalue weighted by Gasteiger charge is -2.26. The van der Waals surface area contributed by atoms with Gasteiger partial charge in [0.05, 0.1) is 12.2 Å². The van der Waals surface area contributed by atoms with Crippen molar-refractivity contribution in [3.05, 3.63) is 35.4 Å². The Morgan fingerprint density at radius 2 is 1.86 bits per heavy atom. The van der Waals surface area contributed by atoms with Gasteiger partial charge in [0.15, 0.2) is 0 Å². The van der Waals surface area contributed by atoms with Crippen LogP contribution in [0.4, 0.5) is 18.0 Å². The smallest absolute Gasteiger partial charge is 0.417 e. The van der Waals surface area contributed by atoms with Crippen molar-refractivity contribution >= 4 is 18.0 Å². The molecule has 9 heteroatoms. The Labute approximate surface area is 167 Å². The number of alkyl halides is 3. The van der Waals surface area contributed by atoms with Crippen molar-refractivity contribution in [3.8, 4) is 0 Å². The number of halogens is 3. The summed E-state index contributed by atoms with van der Waals surface area (Å²) < 4.78 is 49.0. The van der Waals surface area contributed by atoms with E-state index in [1.54, 1.807) is 27.7 Å². The van der Waals surface area contributed by atoms with Gasteiger partial charge in [0.25, 0.3) is 0 Å². The summed E-state index contributed by atoms with van der Waals surface area (Å²) in [5.41, 5.74) is -1.44. The minimum absolute atomic E-state index is 0.0437. The summed E-state index contributed by atoms with van der Waals surface area (Å²) >= 11 is 0. The minimum atomic E-state index is -4.51. The third-order valence-corrected chi connectivity index (χ3v) is 4.29. The summed E-state index contributed by atoms with van der Waals surface area (Å²) in [6.07, 6.45) is -5.58. The van der Waals surface area contributed by atoms with Gasteiger partial charge in [0, 0.05) is 5.92 Å². The first-order chi connectivity index (χ1) is 13.3. The van der Waals surface area contributed by atoms with E-state index in [1.165, 1.54) is 12.1 Å². The van der Waals surface area contributed by atoms with E-state index in [1.807, 2.05) is 0 Å². The highest BCUT2D eigenvalue weighted by atomic mass is 19.4. The Morgan fingerprint density at radius 1 is 1.21 bits per heavy atom. The van der Waals surface area contributed by atoms with Gasteiger partial charge in [-0.15, -0.1) is 0 Å². The van der Waals surface area contributed by atoms with Crippen molar-refractivity contribution < 1.29 is 37.0 Å². The van der Waals surface area contributed by atoms with Gasteiger partial charge >= 0.3 is 18.2 Å². The molecule has 0 radical (unpaired) electrons. The Hall–Kier alpha value is -2.58. The molecule has 0 aliphatic carbocycles. The third-order valence-electron chi connectivity index (χ3n) is 4.29. The molecule has 2 rings (SSSR count). The topological polar surface area (TPSA) is 72.9 Å². The van der Waals surface area contributed by atoms with Gasteiger partial charge in [-0.3, -0.25) is 4.79 Å². The summed E-state index contributed by atoms with van der Waals surface area (Å²) in [6.45, 7) is 6.50. The minimum Gasteiger partial charge on any atom is -0.464 e. The zero-order chi connectivity index (χ0) is 22.0. The number of likely N-dealkylation sites (tertiary alicyclic amines) is 1. The maximum atomic E-state index is 12.9. The predicted molar refractivity (Wildman–Crippen MR) is 96.8 cm³/mol. The monoisotopic (exact) mass is 415 g/mol. The molecule has 160 valence electrons. The Balaban J connectivity index is 2.27. The van der Waals surface area contributed by atoms with E-state index in [4.69, 9.17) is 9.47 Å². The number of carbonyl (C=O) groups excluding carboxylic acids is 3. The molecule has 0 saturated carbocycles. The average molecular weight is 415 g/mol. The standard InChI is InChI=1S/C20H24F3NO5/c1-5-28-17(26)15-11-13(16(25)24(15)18(27)29-19(2,3)4)9-12-7-6-8-14(10-12)20(21,22)23/h6-8,10,13,15H,5,9,11H2,1-4H3/t13-,15+/m0/s1. The van der Waals surface area contributed by atoms with E-state index in [-0.39, 0.29) is 25.0 Å². The fraction of sp³-hybridized carbons (Fsp3) is 0.550. The number of esters is 1. The van der Waals surface area contributed by atoms with Gasteiger partial charge in [-0.25, -0.2) is 14.5 Å². The molecule has 1 aromatic carbocycles. The molecule has 1 aliphatic heterocycles. The molecular formula is C20H24F3NO5. The van der Waals surface area contributed by atoms with Crippen molar-refractivity contribution in [1.29, 1.82) is 0 Å². The molecule has 0 aromatic heterocycles. The number of rotatable bonds is 4. The fourth-order valence-corrected chi connectivity index (χ4v) is 3.12. The summed E-state index contributed by atoms with van der Waals surface area (Å²) in [4.78, 5) is 38.3. The number of nitrogens with zero attached hydrogens (tertiary/aromatic N) is 1. The highest BCUT2D eigenvalue weighted by molar-refractivity contribution is 6.00. The Morgan fingerprint density at radius 3 is 2.41 bits per heavy atom. The van der Waals surface area contributed by atoms with E-state index in [0.29, 0.717) is 0 Å². The normalized spacial score (nSPS) is 20.0. The quantitative estimate of drug-likeness (QED) is 0.696. The van der Waals surface area contributed by atoms with Crippen LogP contribution in [-0.2, 0) is 31.7 Å². The molecule has 2 atom stereocenters. The second kappa shape index (κ2) is 8.42. The van der Waals surface area contributed by atoms with Crippen molar-refractivity contribution in [1.82, 2.24) is 4.90 Å². The molecule has 1 aromatic rings. The van der Waals surface area contributed by atoms with Gasteiger partial charge in [-0.1, -0.05) is 18.2 Å². The van der Waals surface area contributed by atoms with Crippen LogP contribution in [0, 0.1) is 5.92 Å². The van der Waals surface area contributed by atoms with Crippen molar-refractivity contribution in [2.75, 3.05) is 6.61 Å². The number of benzene rings is 1. The number of amides is 2. The zero-order valence-corrected chi connectivity index (χ0v) is 16.7. The summed E-state index contributed by atoms with van der Waals surface area (Å²) in [6, 6.07) is 3.45. The number of ether oxygens (including phenoxy) is 2. The zero-order valence-electron chi connectivity index (χ0n) is 16.7. The van der Waals surface area contributed by atoms with E-state index in [9.17, 15) is 27.6 Å². The third kappa shape index (κ3) is 5.71. The van der Waals surface area contributed by atoms with Crippen LogP contribution in [0.5, 0.6) is 0 Å². The van der Waals surface area contributed by atoms with Crippen LogP contribution in [0.25, 0.3) is 0 Å². The molecule has 2 amide bonds. The fourth-order valence-electron chi connectivity index (χ4n) is 3.12. The van der Waals surface area contributed by atoms with Gasteiger partial charge in [0.2, 0.25) is 5.91 Å². The first-order valence-corrected chi connectivity index (χ1v) is 9.22. The molecule has 0 bridgehead atoms. The first kappa shape index (κ1) is 22.7. The van der Waals surface area contributed by atoms with Crippen LogP contribution in [0.2, 0.25) is 0 Å². The van der Waals surface area contributed by atoms with Gasteiger partial charge in [0.1, 0.15) is 11.6 Å². The Kier molecular flexibility index (Phi) is 6.60. The lowest BCUT2D eigenvalue weighted by molar-refractivity contribution is -0.151. The summed E-state index contributed by atoms with van der Waals surface area (Å²) in [7, 11) is 0. The molecule has 0 unspecified atom stereocenters. The number of carbonyl (C=O) groups is 3. The molecule has 0 spiro atoms. The van der Waals surface area contributed by atoms with Crippen LogP contribution in [-0.4, -0.2) is 41.1 Å². The number of hydrogen-bond donors (Lipinski definition) is 0. The first-order valence-electron chi connectivity index (χ1n) is 9.22. The van der Waals surface area contributed by atoms with Gasteiger partial charge in [-0.05, 0) is 52.2 Å². The highest BCUT2D eigenvalue weighted by Gasteiger charge is 2.48. The van der Waals surface area contributed by atoms with Crippen LogP contribution in [0.15, 0.2) is 24.3 Å². The second-order valence-electron chi connectivity index (χ2n) is 7.79. The summed E-state index contributed by atoms with van der Waals surface area (Å²) in [5.74, 6) is -2.27. The Bertz CT molecular complexity index is 785. The molecule has 6 nitrogen and oxygen atoms in total. The lowest BCUT2D eigenvalue weighted by atomic mass is 9.95. The molecular weight excluding hydrogens is 391 g/mol. The van der Waals surface area contributed by atoms with E-state index < -0.39 is 47.3 Å². The number of hydrogen-bond acceptors (Lipinski definition) is 5. The predicted octanol–water partition coefficient (Wildman–Crippen LogP) is 3.96. The van der Waals surface area contributed by atoms with Crippen LogP contribution < -0.4 is 0 Å². The van der Waals surface area contributed by atoms with E-state index in [0.717, 1.165) is 17.0 Å². The largest absolute Gasteiger partial charge is 0.464 e. The molecule has 29 heavy (non-hydrogen) atoms. The number of imide groups is 1. The molecule has 0 N–H and O–H groups in total. The molecule has 1 saturated heterocycles. The van der Waals surface area contributed by atoms with E-state index >= 15 is 0 Å². The van der Waals surface area contributed by atoms with Crippen molar-refractivity contribution in [2.24, 2.45) is 5.92 Å². The van der Waals surface area contributed by atoms with E-state index in [2.05, 4.69) is 0 Å². The molecule has 1 heterocycles. The summed E-state index contributed by atoms with van der Waals surface area (Å²) in [5, 5.41) is 0. The van der Waals surface area contributed by atoms with Crippen molar-refractivity contribution in [2.45, 2.75) is 58.4 Å². The second-order valence-corrected chi connectivity index (χ2v) is 7.79.